The maximum atomic E-state index is 13.3. The third-order valence-electron chi connectivity index (χ3n) is 4.57. The molecule has 2 aromatic heterocycles. The number of rotatable bonds is 4. The molecule has 164 valence electrons. The van der Waals surface area contributed by atoms with Crippen LogP contribution in [0.4, 0.5) is 24.5 Å². The van der Waals surface area contributed by atoms with Gasteiger partial charge in [-0.15, -0.1) is 0 Å². The van der Waals surface area contributed by atoms with Crippen LogP contribution in [0.15, 0.2) is 36.5 Å². The van der Waals surface area contributed by atoms with E-state index in [1.54, 1.807) is 26.0 Å². The summed E-state index contributed by atoms with van der Waals surface area (Å²) in [5, 5.41) is 8.46. The van der Waals surface area contributed by atoms with Crippen molar-refractivity contribution < 1.29 is 22.8 Å². The van der Waals surface area contributed by atoms with E-state index in [0.29, 0.717) is 17.2 Å². The van der Waals surface area contributed by atoms with Crippen LogP contribution < -0.4 is 10.6 Å². The van der Waals surface area contributed by atoms with E-state index in [0.717, 1.165) is 4.68 Å². The molecular weight excluding hydrogens is 425 g/mol. The molecule has 0 aliphatic heterocycles. The van der Waals surface area contributed by atoms with Gasteiger partial charge >= 0.3 is 6.18 Å². The highest BCUT2D eigenvalue weighted by Gasteiger charge is 2.36. The Morgan fingerprint density at radius 3 is 2.44 bits per heavy atom. The first-order valence-electron chi connectivity index (χ1n) is 9.21. The van der Waals surface area contributed by atoms with Crippen LogP contribution in [-0.4, -0.2) is 33.6 Å². The van der Waals surface area contributed by atoms with Gasteiger partial charge < -0.3 is 10.6 Å². The Kier molecular flexibility index (Phi) is 5.98. The average Bonchev–Trinajstić information content (AvgIpc) is 3.20. The fraction of sp³-hybridized carbons (Fsp3) is 0.190. The lowest BCUT2D eigenvalue weighted by Gasteiger charge is -2.15. The summed E-state index contributed by atoms with van der Waals surface area (Å²) in [4.78, 5) is 32.7. The first-order chi connectivity index (χ1) is 15.1. The number of hydrogen-bond donors (Lipinski definition) is 2. The van der Waals surface area contributed by atoms with Gasteiger partial charge in [0, 0.05) is 19.3 Å². The minimum absolute atomic E-state index is 0.00276. The van der Waals surface area contributed by atoms with Crippen molar-refractivity contribution in [3.05, 3.63) is 76.0 Å². The molecule has 2 amide bonds. The molecule has 0 radical (unpaired) electrons. The lowest BCUT2D eigenvalue weighted by Crippen LogP contribution is -2.23. The normalized spacial score (nSPS) is 11.0. The van der Waals surface area contributed by atoms with Crippen LogP contribution in [0.5, 0.6) is 0 Å². The van der Waals surface area contributed by atoms with E-state index < -0.39 is 29.4 Å². The van der Waals surface area contributed by atoms with Gasteiger partial charge in [0.1, 0.15) is 5.69 Å². The van der Waals surface area contributed by atoms with Gasteiger partial charge in [-0.1, -0.05) is 12.1 Å². The van der Waals surface area contributed by atoms with Gasteiger partial charge in [-0.3, -0.25) is 9.59 Å². The molecule has 0 saturated carbocycles. The van der Waals surface area contributed by atoms with Crippen LogP contribution in [0.25, 0.3) is 10.7 Å². The second kappa shape index (κ2) is 8.50. The zero-order chi connectivity index (χ0) is 23.6. The van der Waals surface area contributed by atoms with E-state index in [2.05, 4.69) is 25.6 Å². The Morgan fingerprint density at radius 1 is 1.12 bits per heavy atom. The van der Waals surface area contributed by atoms with E-state index in [1.807, 2.05) is 0 Å². The predicted molar refractivity (Wildman–Crippen MR) is 110 cm³/mol. The van der Waals surface area contributed by atoms with Crippen LogP contribution in [0, 0.1) is 20.4 Å². The number of pyridine rings is 1. The monoisotopic (exact) mass is 442 g/mol. The number of halogens is 3. The number of alkyl halides is 3. The number of nitrogens with one attached hydrogen (secondary N) is 2. The molecule has 0 saturated heterocycles. The molecule has 1 aromatic carbocycles. The molecular formula is C21H17F3N6O2. The highest BCUT2D eigenvalue weighted by atomic mass is 19.4. The first-order valence-corrected chi connectivity index (χ1v) is 9.21. The summed E-state index contributed by atoms with van der Waals surface area (Å²) in [6.07, 6.45) is -3.42. The fourth-order valence-corrected chi connectivity index (χ4v) is 3.03. The number of benzene rings is 1. The van der Waals surface area contributed by atoms with Crippen molar-refractivity contribution in [3.63, 3.8) is 0 Å². The van der Waals surface area contributed by atoms with Gasteiger partial charge in [-0.05, 0) is 37.1 Å². The third kappa shape index (κ3) is 4.29. The number of aryl methyl sites for hydroxylation is 2. The number of nitrogens with zero attached hydrogens (tertiary/aromatic N) is 4. The van der Waals surface area contributed by atoms with E-state index >= 15 is 0 Å². The smallest absolute Gasteiger partial charge is 0.355 e. The summed E-state index contributed by atoms with van der Waals surface area (Å²) in [6, 6.07) is 6.58. The van der Waals surface area contributed by atoms with Crippen molar-refractivity contribution in [3.8, 4) is 5.82 Å². The third-order valence-corrected chi connectivity index (χ3v) is 4.57. The van der Waals surface area contributed by atoms with Gasteiger partial charge in [0.05, 0.1) is 17.8 Å². The standard InChI is InChI=1S/C21H17F3N6O2/c1-11-6-5-7-27-18(11)30-15(10-16(29-30)21(22,23)24)20(32)28-17-12(2)8-13(25-3)9-14(17)19(31)26-4/h5-10H,1-2,4H3,(H,26,31)(H,28,32). The number of carbonyl (C=O) groups is 2. The topological polar surface area (TPSA) is 93.3 Å². The Bertz CT molecular complexity index is 1260. The molecule has 2 heterocycles. The Hall–Kier alpha value is -4.20. The van der Waals surface area contributed by atoms with Crippen molar-refractivity contribution in [1.29, 1.82) is 0 Å². The van der Waals surface area contributed by atoms with Crippen LogP contribution in [0.3, 0.4) is 0 Å². The quantitative estimate of drug-likeness (QED) is 0.596. The molecule has 2 N–H and O–H groups in total. The summed E-state index contributed by atoms with van der Waals surface area (Å²) in [7, 11) is 1.38. The van der Waals surface area contributed by atoms with E-state index in [-0.39, 0.29) is 22.8 Å². The van der Waals surface area contributed by atoms with Crippen LogP contribution in [0.1, 0.15) is 37.7 Å². The number of aromatic nitrogens is 3. The van der Waals surface area contributed by atoms with E-state index in [9.17, 15) is 22.8 Å². The van der Waals surface area contributed by atoms with Gasteiger partial charge in [-0.25, -0.2) is 14.5 Å². The van der Waals surface area contributed by atoms with E-state index in [4.69, 9.17) is 6.57 Å². The summed E-state index contributed by atoms with van der Waals surface area (Å²) in [5.41, 5.74) is -0.546. The van der Waals surface area contributed by atoms with Gasteiger partial charge in [0.25, 0.3) is 11.8 Å². The predicted octanol–water partition coefficient (Wildman–Crippen LogP) is 4.07. The zero-order valence-corrected chi connectivity index (χ0v) is 17.2. The van der Waals surface area contributed by atoms with Crippen molar-refractivity contribution in [2.24, 2.45) is 0 Å². The first kappa shape index (κ1) is 22.5. The van der Waals surface area contributed by atoms with Crippen LogP contribution in [-0.2, 0) is 6.18 Å². The molecule has 0 bridgehead atoms. The molecule has 32 heavy (non-hydrogen) atoms. The van der Waals surface area contributed by atoms with Gasteiger partial charge in [0.2, 0.25) is 0 Å². The minimum Gasteiger partial charge on any atom is -0.355 e. The number of carbonyl (C=O) groups excluding carboxylic acids is 2. The van der Waals surface area contributed by atoms with Crippen molar-refractivity contribution in [2.75, 3.05) is 12.4 Å². The Balaban J connectivity index is 2.14. The minimum atomic E-state index is -4.79. The molecule has 0 aliphatic carbocycles. The maximum absolute atomic E-state index is 13.3. The van der Waals surface area contributed by atoms with Crippen molar-refractivity contribution in [1.82, 2.24) is 20.1 Å². The average molecular weight is 442 g/mol. The lowest BCUT2D eigenvalue weighted by atomic mass is 10.1. The molecule has 0 atom stereocenters. The summed E-state index contributed by atoms with van der Waals surface area (Å²) in [5.74, 6) is -1.44. The molecule has 0 unspecified atom stereocenters. The highest BCUT2D eigenvalue weighted by Crippen LogP contribution is 2.31. The summed E-state index contributed by atoms with van der Waals surface area (Å²) >= 11 is 0. The van der Waals surface area contributed by atoms with Crippen LogP contribution in [0.2, 0.25) is 0 Å². The Labute approximate surface area is 180 Å². The largest absolute Gasteiger partial charge is 0.435 e. The fourth-order valence-electron chi connectivity index (χ4n) is 3.03. The Morgan fingerprint density at radius 2 is 1.84 bits per heavy atom. The molecule has 8 nitrogen and oxygen atoms in total. The van der Waals surface area contributed by atoms with Gasteiger partial charge in [0.15, 0.2) is 17.2 Å². The second-order valence-corrected chi connectivity index (χ2v) is 6.80. The van der Waals surface area contributed by atoms with Crippen LogP contribution >= 0.6 is 0 Å². The second-order valence-electron chi connectivity index (χ2n) is 6.80. The summed E-state index contributed by atoms with van der Waals surface area (Å²) in [6.45, 7) is 10.4. The van der Waals surface area contributed by atoms with Gasteiger partial charge in [-0.2, -0.15) is 18.3 Å². The molecule has 0 aliphatic rings. The van der Waals surface area contributed by atoms with E-state index in [1.165, 1.54) is 25.4 Å². The molecule has 0 spiro atoms. The number of hydrogen-bond acceptors (Lipinski definition) is 4. The zero-order valence-electron chi connectivity index (χ0n) is 17.2. The molecule has 11 heteroatoms. The maximum Gasteiger partial charge on any atom is 0.435 e. The highest BCUT2D eigenvalue weighted by molar-refractivity contribution is 6.09. The molecule has 0 fully saturated rings. The molecule has 3 aromatic rings. The number of anilines is 1. The lowest BCUT2D eigenvalue weighted by molar-refractivity contribution is -0.141. The van der Waals surface area contributed by atoms with Crippen molar-refractivity contribution >= 4 is 23.2 Å². The number of amides is 2. The summed E-state index contributed by atoms with van der Waals surface area (Å²) < 4.78 is 40.8. The van der Waals surface area contributed by atoms with Crippen molar-refractivity contribution in [2.45, 2.75) is 20.0 Å². The SMILES string of the molecule is [C-]#[N+]c1cc(C)c(NC(=O)c2cc(C(F)(F)F)nn2-c2ncccc2C)c(C(=O)NC)c1. The molecule has 3 rings (SSSR count).